The summed E-state index contributed by atoms with van der Waals surface area (Å²) >= 11 is 0. The van der Waals surface area contributed by atoms with Gasteiger partial charge in [-0.05, 0) is 29.8 Å². The summed E-state index contributed by atoms with van der Waals surface area (Å²) in [5, 5.41) is 10.9. The summed E-state index contributed by atoms with van der Waals surface area (Å²) in [4.78, 5) is 24.3. The molecule has 0 unspecified atom stereocenters. The number of carbonyl (C=O) groups is 1. The molecular formula is C17H16N4O3. The van der Waals surface area contributed by atoms with E-state index in [-0.39, 0.29) is 18.0 Å². The maximum atomic E-state index is 12.3. The van der Waals surface area contributed by atoms with E-state index in [1.807, 2.05) is 24.3 Å². The number of benzene rings is 2. The van der Waals surface area contributed by atoms with E-state index in [4.69, 9.17) is 4.74 Å². The molecule has 0 saturated carbocycles. The Labute approximate surface area is 137 Å². The molecule has 1 heterocycles. The van der Waals surface area contributed by atoms with Crippen LogP contribution in [0, 0.1) is 0 Å². The third-order valence-corrected chi connectivity index (χ3v) is 3.55. The van der Waals surface area contributed by atoms with E-state index >= 15 is 0 Å². The van der Waals surface area contributed by atoms with Crippen molar-refractivity contribution in [3.05, 3.63) is 64.4 Å². The van der Waals surface area contributed by atoms with Gasteiger partial charge in [0.15, 0.2) is 0 Å². The van der Waals surface area contributed by atoms with Crippen molar-refractivity contribution in [2.45, 2.75) is 13.1 Å². The lowest BCUT2D eigenvalue weighted by molar-refractivity contribution is -0.122. The minimum absolute atomic E-state index is 0.180. The molecule has 7 nitrogen and oxygen atoms in total. The van der Waals surface area contributed by atoms with E-state index in [1.165, 1.54) is 0 Å². The third kappa shape index (κ3) is 3.40. The van der Waals surface area contributed by atoms with Crippen LogP contribution in [0.15, 0.2) is 53.3 Å². The molecule has 0 atom stereocenters. The van der Waals surface area contributed by atoms with Gasteiger partial charge in [-0.25, -0.2) is 4.68 Å². The fourth-order valence-electron chi connectivity index (χ4n) is 2.30. The van der Waals surface area contributed by atoms with Crippen LogP contribution in [0.1, 0.15) is 5.56 Å². The molecule has 1 amide bonds. The van der Waals surface area contributed by atoms with Gasteiger partial charge in [-0.3, -0.25) is 9.59 Å². The highest BCUT2D eigenvalue weighted by Gasteiger charge is 2.09. The summed E-state index contributed by atoms with van der Waals surface area (Å²) in [6.45, 7) is 0.159. The van der Waals surface area contributed by atoms with Crippen LogP contribution in [0.4, 0.5) is 0 Å². The first-order chi connectivity index (χ1) is 11.7. The van der Waals surface area contributed by atoms with Gasteiger partial charge in [0, 0.05) is 6.54 Å². The lowest BCUT2D eigenvalue weighted by atomic mass is 10.2. The zero-order chi connectivity index (χ0) is 16.9. The van der Waals surface area contributed by atoms with Gasteiger partial charge in [-0.2, -0.15) is 0 Å². The molecule has 24 heavy (non-hydrogen) atoms. The summed E-state index contributed by atoms with van der Waals surface area (Å²) < 4.78 is 6.20. The molecule has 1 N–H and O–H groups in total. The van der Waals surface area contributed by atoms with Gasteiger partial charge in [-0.1, -0.05) is 29.5 Å². The Kier molecular flexibility index (Phi) is 4.51. The van der Waals surface area contributed by atoms with Crippen molar-refractivity contribution in [3.8, 4) is 5.75 Å². The van der Waals surface area contributed by atoms with Crippen LogP contribution in [0.2, 0.25) is 0 Å². The van der Waals surface area contributed by atoms with E-state index in [9.17, 15) is 9.59 Å². The topological polar surface area (TPSA) is 86.1 Å². The Bertz CT molecular complexity index is 936. The second-order valence-corrected chi connectivity index (χ2v) is 5.20. The number of ether oxygens (including phenoxy) is 1. The van der Waals surface area contributed by atoms with Gasteiger partial charge in [0.1, 0.15) is 17.8 Å². The number of methoxy groups -OCH3 is 1. The van der Waals surface area contributed by atoms with Crippen molar-refractivity contribution < 1.29 is 9.53 Å². The second-order valence-electron chi connectivity index (χ2n) is 5.20. The molecule has 3 rings (SSSR count). The molecule has 0 aliphatic carbocycles. The van der Waals surface area contributed by atoms with Crippen molar-refractivity contribution in [2.24, 2.45) is 0 Å². The lowest BCUT2D eigenvalue weighted by Crippen LogP contribution is -2.34. The van der Waals surface area contributed by atoms with Crippen molar-refractivity contribution in [2.75, 3.05) is 7.11 Å². The molecule has 1 aromatic heterocycles. The normalized spacial score (nSPS) is 10.5. The van der Waals surface area contributed by atoms with E-state index < -0.39 is 0 Å². The molecule has 0 fully saturated rings. The van der Waals surface area contributed by atoms with E-state index in [0.717, 1.165) is 16.0 Å². The summed E-state index contributed by atoms with van der Waals surface area (Å²) in [6.07, 6.45) is 0. The van der Waals surface area contributed by atoms with Gasteiger partial charge in [0.2, 0.25) is 5.91 Å². The van der Waals surface area contributed by atoms with Gasteiger partial charge in [-0.15, -0.1) is 5.10 Å². The highest BCUT2D eigenvalue weighted by molar-refractivity contribution is 5.78. The third-order valence-electron chi connectivity index (χ3n) is 3.55. The molecule has 0 aliphatic rings. The van der Waals surface area contributed by atoms with Gasteiger partial charge < -0.3 is 10.1 Å². The molecule has 2 aromatic carbocycles. The second kappa shape index (κ2) is 6.91. The Morgan fingerprint density at radius 1 is 1.21 bits per heavy atom. The molecule has 0 saturated heterocycles. The van der Waals surface area contributed by atoms with Gasteiger partial charge >= 0.3 is 0 Å². The molecule has 0 bridgehead atoms. The monoisotopic (exact) mass is 324 g/mol. The fraction of sp³-hybridized carbons (Fsp3) is 0.176. The van der Waals surface area contributed by atoms with Crippen molar-refractivity contribution in [1.82, 2.24) is 20.3 Å². The summed E-state index contributed by atoms with van der Waals surface area (Å²) in [5.41, 5.74) is 1.08. The number of nitrogens with one attached hydrogen (secondary N) is 1. The Balaban J connectivity index is 1.69. The highest BCUT2D eigenvalue weighted by Crippen LogP contribution is 2.12. The molecule has 7 heteroatoms. The first-order valence-electron chi connectivity index (χ1n) is 7.39. The van der Waals surface area contributed by atoms with Crippen LogP contribution in [0.5, 0.6) is 5.75 Å². The van der Waals surface area contributed by atoms with Crippen molar-refractivity contribution in [3.63, 3.8) is 0 Å². The van der Waals surface area contributed by atoms with Gasteiger partial charge in [0.05, 0.1) is 12.5 Å². The number of nitrogens with zero attached hydrogens (tertiary/aromatic N) is 3. The SMILES string of the molecule is COc1cccc(CNC(=O)Cn2nnc3ccccc3c2=O)c1. The van der Waals surface area contributed by atoms with Crippen molar-refractivity contribution in [1.29, 1.82) is 0 Å². The number of amides is 1. The van der Waals surface area contributed by atoms with E-state index in [2.05, 4.69) is 15.6 Å². The molecular weight excluding hydrogens is 308 g/mol. The predicted octanol–water partition coefficient (Wildman–Crippen LogP) is 1.12. The average Bonchev–Trinajstić information content (AvgIpc) is 2.63. The first-order valence-corrected chi connectivity index (χ1v) is 7.39. The largest absolute Gasteiger partial charge is 0.497 e. The standard InChI is InChI=1S/C17H16N4O3/c1-24-13-6-4-5-12(9-13)10-18-16(22)11-21-17(23)14-7-2-3-8-15(14)19-20-21/h2-9H,10-11H2,1H3,(H,18,22). The smallest absolute Gasteiger partial charge is 0.278 e. The Hall–Kier alpha value is -3.22. The Morgan fingerprint density at radius 2 is 2.04 bits per heavy atom. The molecule has 122 valence electrons. The highest BCUT2D eigenvalue weighted by atomic mass is 16.5. The van der Waals surface area contributed by atoms with Crippen LogP contribution >= 0.6 is 0 Å². The summed E-state index contributed by atoms with van der Waals surface area (Å²) in [7, 11) is 1.59. The van der Waals surface area contributed by atoms with E-state index in [0.29, 0.717) is 17.4 Å². The van der Waals surface area contributed by atoms with Crippen LogP contribution in [0.3, 0.4) is 0 Å². The number of fused-ring (bicyclic) bond motifs is 1. The number of hydrogen-bond donors (Lipinski definition) is 1. The minimum atomic E-state index is -0.336. The lowest BCUT2D eigenvalue weighted by Gasteiger charge is -2.08. The minimum Gasteiger partial charge on any atom is -0.497 e. The van der Waals surface area contributed by atoms with E-state index in [1.54, 1.807) is 31.4 Å². The molecule has 0 spiro atoms. The summed E-state index contributed by atoms with van der Waals surface area (Å²) in [6, 6.07) is 14.3. The maximum absolute atomic E-state index is 12.3. The molecule has 0 radical (unpaired) electrons. The molecule has 0 aliphatic heterocycles. The summed E-state index contributed by atoms with van der Waals surface area (Å²) in [5.74, 6) is 0.405. The average molecular weight is 324 g/mol. The number of rotatable bonds is 5. The number of hydrogen-bond acceptors (Lipinski definition) is 5. The van der Waals surface area contributed by atoms with Crippen LogP contribution < -0.4 is 15.6 Å². The fourth-order valence-corrected chi connectivity index (χ4v) is 2.30. The quantitative estimate of drug-likeness (QED) is 0.760. The Morgan fingerprint density at radius 3 is 2.88 bits per heavy atom. The van der Waals surface area contributed by atoms with Gasteiger partial charge in [0.25, 0.3) is 5.56 Å². The first kappa shape index (κ1) is 15.7. The van der Waals surface area contributed by atoms with Crippen LogP contribution in [-0.2, 0) is 17.9 Å². The number of carbonyl (C=O) groups excluding carboxylic acids is 1. The van der Waals surface area contributed by atoms with Crippen LogP contribution in [0.25, 0.3) is 10.9 Å². The zero-order valence-electron chi connectivity index (χ0n) is 13.1. The predicted molar refractivity (Wildman–Crippen MR) is 88.6 cm³/mol. The number of aromatic nitrogens is 3. The maximum Gasteiger partial charge on any atom is 0.278 e. The van der Waals surface area contributed by atoms with Crippen molar-refractivity contribution >= 4 is 16.8 Å². The zero-order valence-corrected chi connectivity index (χ0v) is 13.1. The van der Waals surface area contributed by atoms with Crippen LogP contribution in [-0.4, -0.2) is 28.0 Å². The molecule has 3 aromatic rings.